The highest BCUT2D eigenvalue weighted by Gasteiger charge is 2.13. The minimum absolute atomic E-state index is 0.136. The van der Waals surface area contributed by atoms with Gasteiger partial charge in [0.1, 0.15) is 5.82 Å². The van der Waals surface area contributed by atoms with Crippen molar-refractivity contribution in [3.05, 3.63) is 71.5 Å². The van der Waals surface area contributed by atoms with Crippen molar-refractivity contribution in [3.8, 4) is 0 Å². The first-order chi connectivity index (χ1) is 10.2. The Morgan fingerprint density at radius 2 is 1.29 bits per heavy atom. The van der Waals surface area contributed by atoms with Crippen LogP contribution in [0.4, 0.5) is 4.39 Å². The summed E-state index contributed by atoms with van der Waals surface area (Å²) in [6.07, 6.45) is 0. The average Bonchev–Trinajstić information content (AvgIpc) is 2.51. The van der Waals surface area contributed by atoms with Crippen LogP contribution in [0.15, 0.2) is 54.6 Å². The van der Waals surface area contributed by atoms with Crippen LogP contribution in [0.25, 0.3) is 32.3 Å². The van der Waals surface area contributed by atoms with Gasteiger partial charge in [0.2, 0.25) is 0 Å². The predicted molar refractivity (Wildman–Crippen MR) is 88.4 cm³/mol. The van der Waals surface area contributed by atoms with Crippen LogP contribution in [0.3, 0.4) is 0 Å². The van der Waals surface area contributed by atoms with Crippen LogP contribution in [0, 0.1) is 19.7 Å². The second kappa shape index (κ2) is 4.29. The van der Waals surface area contributed by atoms with Crippen molar-refractivity contribution >= 4 is 32.3 Å². The van der Waals surface area contributed by atoms with Crippen molar-refractivity contribution in [1.82, 2.24) is 0 Å². The molecule has 0 aliphatic rings. The van der Waals surface area contributed by atoms with Gasteiger partial charge in [-0.2, -0.15) is 0 Å². The van der Waals surface area contributed by atoms with Gasteiger partial charge in [0.25, 0.3) is 0 Å². The number of aryl methyl sites for hydroxylation is 2. The van der Waals surface area contributed by atoms with Crippen LogP contribution in [0.1, 0.15) is 11.1 Å². The lowest BCUT2D eigenvalue weighted by atomic mass is 9.90. The number of hydrogen-bond donors (Lipinski definition) is 0. The molecule has 0 radical (unpaired) electrons. The summed E-state index contributed by atoms with van der Waals surface area (Å²) in [6.45, 7) is 4.11. The molecule has 1 heteroatoms. The molecule has 4 aromatic rings. The summed E-state index contributed by atoms with van der Waals surface area (Å²) >= 11 is 0. The van der Waals surface area contributed by atoms with Gasteiger partial charge in [-0.3, -0.25) is 0 Å². The monoisotopic (exact) mass is 274 g/mol. The summed E-state index contributed by atoms with van der Waals surface area (Å²) < 4.78 is 14.3. The van der Waals surface area contributed by atoms with E-state index in [-0.39, 0.29) is 5.82 Å². The minimum atomic E-state index is -0.136. The number of benzene rings is 4. The lowest BCUT2D eigenvalue weighted by Crippen LogP contribution is -1.92. The average molecular weight is 274 g/mol. The van der Waals surface area contributed by atoms with Crippen molar-refractivity contribution in [2.75, 3.05) is 0 Å². The molecule has 21 heavy (non-hydrogen) atoms. The first-order valence-electron chi connectivity index (χ1n) is 7.17. The van der Waals surface area contributed by atoms with E-state index in [1.165, 1.54) is 16.2 Å². The molecule has 0 atom stereocenters. The number of halogens is 1. The van der Waals surface area contributed by atoms with Crippen molar-refractivity contribution in [2.45, 2.75) is 13.8 Å². The molecular formula is C20H15F. The maximum Gasteiger partial charge on any atom is 0.131 e. The zero-order valence-electron chi connectivity index (χ0n) is 12.1. The predicted octanol–water partition coefficient (Wildman–Crippen LogP) is 5.90. The molecule has 0 saturated heterocycles. The fraction of sp³-hybridized carbons (Fsp3) is 0.100. The van der Waals surface area contributed by atoms with Crippen molar-refractivity contribution < 1.29 is 4.39 Å². The zero-order chi connectivity index (χ0) is 14.6. The molecule has 4 rings (SSSR count). The molecule has 0 aliphatic carbocycles. The molecule has 0 aliphatic heterocycles. The van der Waals surface area contributed by atoms with Crippen LogP contribution in [0.2, 0.25) is 0 Å². The van der Waals surface area contributed by atoms with Crippen molar-refractivity contribution in [3.63, 3.8) is 0 Å². The number of rotatable bonds is 0. The molecular weight excluding hydrogens is 259 g/mol. The van der Waals surface area contributed by atoms with Gasteiger partial charge < -0.3 is 0 Å². The molecule has 102 valence electrons. The molecule has 0 fully saturated rings. The Balaban J connectivity index is 2.38. The first-order valence-corrected chi connectivity index (χ1v) is 7.17. The third-order valence-electron chi connectivity index (χ3n) is 4.50. The lowest BCUT2D eigenvalue weighted by molar-refractivity contribution is 0.639. The second-order valence-electron chi connectivity index (χ2n) is 5.62. The van der Waals surface area contributed by atoms with Gasteiger partial charge in [-0.05, 0) is 58.0 Å². The SMILES string of the molecule is Cc1c2ccc3ccccc3c2c(C)c2cccc(F)c12. The standard InChI is InChI=1S/C20H15F/c1-12-15-8-5-9-18(21)20(15)13(2)16-11-10-14-6-3-4-7-17(14)19(12)16/h3-11H,1-2H3. The number of fused-ring (bicyclic) bond motifs is 4. The molecule has 0 spiro atoms. The molecule has 0 nitrogen and oxygen atoms in total. The summed E-state index contributed by atoms with van der Waals surface area (Å²) in [4.78, 5) is 0. The molecule has 0 aromatic heterocycles. The summed E-state index contributed by atoms with van der Waals surface area (Å²) in [5, 5.41) is 6.60. The van der Waals surface area contributed by atoms with Gasteiger partial charge in [-0.1, -0.05) is 48.5 Å². The van der Waals surface area contributed by atoms with E-state index in [0.717, 1.165) is 27.3 Å². The highest BCUT2D eigenvalue weighted by molar-refractivity contribution is 6.16. The van der Waals surface area contributed by atoms with Gasteiger partial charge in [-0.25, -0.2) is 4.39 Å². The van der Waals surface area contributed by atoms with E-state index in [9.17, 15) is 4.39 Å². The van der Waals surface area contributed by atoms with Gasteiger partial charge in [-0.15, -0.1) is 0 Å². The van der Waals surface area contributed by atoms with E-state index in [4.69, 9.17) is 0 Å². The maximum absolute atomic E-state index is 14.3. The van der Waals surface area contributed by atoms with E-state index in [1.807, 2.05) is 13.0 Å². The molecule has 0 saturated carbocycles. The Hall–Kier alpha value is -2.41. The van der Waals surface area contributed by atoms with Crippen LogP contribution in [-0.2, 0) is 0 Å². The number of hydrogen-bond acceptors (Lipinski definition) is 0. The Bertz CT molecular complexity index is 1010. The Morgan fingerprint density at radius 3 is 2.14 bits per heavy atom. The van der Waals surface area contributed by atoms with Crippen LogP contribution in [0.5, 0.6) is 0 Å². The summed E-state index contributed by atoms with van der Waals surface area (Å²) in [5.74, 6) is -0.136. The molecule has 0 heterocycles. The fourth-order valence-corrected chi connectivity index (χ4v) is 3.48. The Morgan fingerprint density at radius 1 is 0.619 bits per heavy atom. The minimum Gasteiger partial charge on any atom is -0.206 e. The van der Waals surface area contributed by atoms with Gasteiger partial charge in [0.05, 0.1) is 0 Å². The Kier molecular flexibility index (Phi) is 2.52. The molecule has 4 aromatic carbocycles. The third-order valence-corrected chi connectivity index (χ3v) is 4.50. The summed E-state index contributed by atoms with van der Waals surface area (Å²) in [6, 6.07) is 18.0. The van der Waals surface area contributed by atoms with Crippen LogP contribution in [-0.4, -0.2) is 0 Å². The van der Waals surface area contributed by atoms with E-state index >= 15 is 0 Å². The van der Waals surface area contributed by atoms with Crippen LogP contribution < -0.4 is 0 Å². The molecule has 0 bridgehead atoms. The molecule has 0 amide bonds. The third kappa shape index (κ3) is 1.61. The van der Waals surface area contributed by atoms with E-state index in [2.05, 4.69) is 43.3 Å². The topological polar surface area (TPSA) is 0 Å². The largest absolute Gasteiger partial charge is 0.206 e. The van der Waals surface area contributed by atoms with E-state index < -0.39 is 0 Å². The fourth-order valence-electron chi connectivity index (χ4n) is 3.48. The van der Waals surface area contributed by atoms with Gasteiger partial charge in [0.15, 0.2) is 0 Å². The quantitative estimate of drug-likeness (QED) is 0.276. The molecule has 0 N–H and O–H groups in total. The van der Waals surface area contributed by atoms with Crippen molar-refractivity contribution in [1.29, 1.82) is 0 Å². The highest BCUT2D eigenvalue weighted by Crippen LogP contribution is 2.37. The van der Waals surface area contributed by atoms with Crippen LogP contribution >= 0.6 is 0 Å². The summed E-state index contributed by atoms with van der Waals surface area (Å²) in [7, 11) is 0. The smallest absolute Gasteiger partial charge is 0.131 e. The van der Waals surface area contributed by atoms with E-state index in [0.29, 0.717) is 0 Å². The first kappa shape index (κ1) is 12.3. The van der Waals surface area contributed by atoms with Gasteiger partial charge >= 0.3 is 0 Å². The molecule has 0 unspecified atom stereocenters. The lowest BCUT2D eigenvalue weighted by Gasteiger charge is -2.14. The van der Waals surface area contributed by atoms with Gasteiger partial charge in [0, 0.05) is 5.39 Å². The second-order valence-corrected chi connectivity index (χ2v) is 5.62. The van der Waals surface area contributed by atoms with E-state index in [1.54, 1.807) is 12.1 Å². The summed E-state index contributed by atoms with van der Waals surface area (Å²) in [5.41, 5.74) is 2.18. The van der Waals surface area contributed by atoms with Crippen molar-refractivity contribution in [2.24, 2.45) is 0 Å². The Labute approximate surface area is 122 Å². The highest BCUT2D eigenvalue weighted by atomic mass is 19.1. The zero-order valence-corrected chi connectivity index (χ0v) is 12.1. The maximum atomic E-state index is 14.3. The normalized spacial score (nSPS) is 11.6.